The molecule has 2 heterocycles. The van der Waals surface area contributed by atoms with Crippen LogP contribution in [0.4, 0.5) is 0 Å². The van der Waals surface area contributed by atoms with Gasteiger partial charge in [-0.25, -0.2) is 5.43 Å². The summed E-state index contributed by atoms with van der Waals surface area (Å²) in [5.41, 5.74) is 4.49. The van der Waals surface area contributed by atoms with Crippen LogP contribution in [0.3, 0.4) is 0 Å². The number of rotatable bonds is 5. The van der Waals surface area contributed by atoms with Gasteiger partial charge in [-0.1, -0.05) is 29.8 Å². The van der Waals surface area contributed by atoms with Crippen molar-refractivity contribution in [1.82, 2.24) is 9.99 Å². The van der Waals surface area contributed by atoms with E-state index in [-0.39, 0.29) is 5.76 Å². The number of hydrogen-bond donors (Lipinski definition) is 1. The fraction of sp³-hybridized carbons (Fsp3) is 0.0588. The number of carbonyl (C=O) groups is 1. The first kappa shape index (κ1) is 16.3. The summed E-state index contributed by atoms with van der Waals surface area (Å²) in [6.45, 7) is 4.35. The van der Waals surface area contributed by atoms with E-state index < -0.39 is 5.91 Å². The van der Waals surface area contributed by atoms with Crippen LogP contribution in [-0.4, -0.2) is 10.5 Å². The van der Waals surface area contributed by atoms with Crippen LogP contribution in [0.5, 0.6) is 0 Å². The van der Waals surface area contributed by atoms with Crippen molar-refractivity contribution in [3.05, 3.63) is 76.3 Å². The number of thiazole rings is 1. The first-order valence-electron chi connectivity index (χ1n) is 7.12. The number of nitrogens with one attached hydrogen (secondary N) is 1. The number of benzene rings is 1. The van der Waals surface area contributed by atoms with E-state index in [2.05, 4.69) is 17.1 Å². The molecule has 24 heavy (non-hydrogen) atoms. The molecule has 0 saturated carbocycles. The predicted octanol–water partition coefficient (Wildman–Crippen LogP) is 3.89. The Balaban J connectivity index is 1.93. The maximum Gasteiger partial charge on any atom is 0.307 e. The summed E-state index contributed by atoms with van der Waals surface area (Å²) in [5, 5.41) is 6.85. The van der Waals surface area contributed by atoms with Crippen LogP contribution in [0.25, 0.3) is 11.3 Å². The largest absolute Gasteiger partial charge is 0.459 e. The molecule has 1 aromatic carbocycles. The van der Waals surface area contributed by atoms with Gasteiger partial charge < -0.3 is 8.98 Å². The molecule has 2 aromatic heterocycles. The maximum absolute atomic E-state index is 11.9. The average Bonchev–Trinajstić information content (AvgIpc) is 3.24. The molecule has 3 aromatic rings. The summed E-state index contributed by atoms with van der Waals surface area (Å²) in [6.07, 6.45) is 3.22. The van der Waals surface area contributed by atoms with E-state index in [9.17, 15) is 4.79 Å². The number of allylic oxidation sites excluding steroid dienone is 1. The lowest BCUT2D eigenvalue weighted by Crippen LogP contribution is -2.24. The summed E-state index contributed by atoms with van der Waals surface area (Å²) < 4.78 is 7.00. The summed E-state index contributed by atoms with van der Waals surface area (Å²) >= 11 is 7.37. The SMILES string of the molecule is C=CCn1c(-c2ccc(Cl)cc2)cs/c1=N\NC(=O)c1ccco1. The van der Waals surface area contributed by atoms with Crippen molar-refractivity contribution in [2.45, 2.75) is 6.54 Å². The molecule has 3 rings (SSSR count). The fourth-order valence-electron chi connectivity index (χ4n) is 2.14. The predicted molar refractivity (Wildman–Crippen MR) is 94.7 cm³/mol. The number of nitrogens with zero attached hydrogens (tertiary/aromatic N) is 2. The molecular weight excluding hydrogens is 346 g/mol. The van der Waals surface area contributed by atoms with Crippen molar-refractivity contribution in [3.8, 4) is 11.3 Å². The Morgan fingerprint density at radius 1 is 1.38 bits per heavy atom. The van der Waals surface area contributed by atoms with E-state index in [1.165, 1.54) is 17.6 Å². The molecule has 0 atom stereocenters. The van der Waals surface area contributed by atoms with Crippen molar-refractivity contribution in [2.75, 3.05) is 0 Å². The zero-order valence-corrected chi connectivity index (χ0v) is 14.2. The average molecular weight is 360 g/mol. The van der Waals surface area contributed by atoms with Crippen molar-refractivity contribution in [3.63, 3.8) is 0 Å². The standard InChI is InChI=1S/C17H14ClN3O2S/c1-2-9-21-14(12-5-7-13(18)8-6-12)11-24-17(21)20-19-16(22)15-4-3-10-23-15/h2-8,10-11H,1,9H2,(H,19,22)/b20-17-. The molecule has 1 amide bonds. The zero-order valence-electron chi connectivity index (χ0n) is 12.6. The highest BCUT2D eigenvalue weighted by Crippen LogP contribution is 2.22. The van der Waals surface area contributed by atoms with Crippen molar-refractivity contribution in [1.29, 1.82) is 0 Å². The Hall–Kier alpha value is -2.57. The first-order valence-corrected chi connectivity index (χ1v) is 8.37. The Morgan fingerprint density at radius 3 is 2.83 bits per heavy atom. The van der Waals surface area contributed by atoms with Gasteiger partial charge in [0.25, 0.3) is 0 Å². The second-order valence-corrected chi connectivity index (χ2v) is 6.11. The van der Waals surface area contributed by atoms with Crippen molar-refractivity contribution in [2.24, 2.45) is 5.10 Å². The highest BCUT2D eigenvalue weighted by Gasteiger charge is 2.09. The van der Waals surface area contributed by atoms with Gasteiger partial charge in [-0.3, -0.25) is 4.79 Å². The second kappa shape index (κ2) is 7.33. The maximum atomic E-state index is 11.9. The molecule has 5 nitrogen and oxygen atoms in total. The smallest absolute Gasteiger partial charge is 0.307 e. The fourth-order valence-corrected chi connectivity index (χ4v) is 3.14. The third-order valence-corrected chi connectivity index (χ3v) is 4.36. The minimum atomic E-state index is -0.397. The molecule has 0 aliphatic carbocycles. The number of hydrogen-bond acceptors (Lipinski definition) is 4. The molecule has 0 bridgehead atoms. The van der Waals surface area contributed by atoms with Gasteiger partial charge in [0.1, 0.15) is 0 Å². The zero-order chi connectivity index (χ0) is 16.9. The molecule has 1 N–H and O–H groups in total. The Morgan fingerprint density at radius 2 is 2.17 bits per heavy atom. The number of amides is 1. The Bertz CT molecular complexity index is 908. The molecule has 7 heteroatoms. The van der Waals surface area contributed by atoms with Gasteiger partial charge in [-0.2, -0.15) is 0 Å². The van der Waals surface area contributed by atoms with E-state index in [1.54, 1.807) is 18.2 Å². The highest BCUT2D eigenvalue weighted by molar-refractivity contribution is 7.07. The van der Waals surface area contributed by atoms with Crippen LogP contribution < -0.4 is 10.2 Å². The van der Waals surface area contributed by atoms with Gasteiger partial charge in [-0.05, 0) is 29.8 Å². The van der Waals surface area contributed by atoms with Crippen LogP contribution in [0.2, 0.25) is 5.02 Å². The van der Waals surface area contributed by atoms with Crippen LogP contribution in [0.1, 0.15) is 10.6 Å². The normalized spacial score (nSPS) is 11.5. The van der Waals surface area contributed by atoms with Gasteiger partial charge in [0.05, 0.1) is 12.0 Å². The van der Waals surface area contributed by atoms with E-state index in [1.807, 2.05) is 34.2 Å². The third kappa shape index (κ3) is 3.50. The molecule has 0 radical (unpaired) electrons. The van der Waals surface area contributed by atoms with Crippen molar-refractivity contribution >= 4 is 28.8 Å². The van der Waals surface area contributed by atoms with Crippen LogP contribution in [-0.2, 0) is 6.54 Å². The molecule has 0 aliphatic heterocycles. The van der Waals surface area contributed by atoms with E-state index in [0.29, 0.717) is 16.4 Å². The van der Waals surface area contributed by atoms with Gasteiger partial charge in [-0.15, -0.1) is 23.0 Å². The van der Waals surface area contributed by atoms with Crippen LogP contribution in [0, 0.1) is 0 Å². The minimum Gasteiger partial charge on any atom is -0.459 e. The van der Waals surface area contributed by atoms with Crippen LogP contribution in [0.15, 0.2) is 70.2 Å². The molecule has 0 unspecified atom stereocenters. The quantitative estimate of drug-likeness (QED) is 0.555. The molecule has 122 valence electrons. The minimum absolute atomic E-state index is 0.212. The molecule has 0 spiro atoms. The highest BCUT2D eigenvalue weighted by atomic mass is 35.5. The van der Waals surface area contributed by atoms with E-state index >= 15 is 0 Å². The number of aromatic nitrogens is 1. The molecule has 0 fully saturated rings. The lowest BCUT2D eigenvalue weighted by Gasteiger charge is -2.06. The van der Waals surface area contributed by atoms with Crippen molar-refractivity contribution < 1.29 is 9.21 Å². The van der Waals surface area contributed by atoms with Gasteiger partial charge in [0.15, 0.2) is 5.76 Å². The summed E-state index contributed by atoms with van der Waals surface area (Å²) in [4.78, 5) is 12.6. The number of halogens is 1. The third-order valence-electron chi connectivity index (χ3n) is 3.25. The summed E-state index contributed by atoms with van der Waals surface area (Å²) in [6, 6.07) is 10.8. The van der Waals surface area contributed by atoms with Gasteiger partial charge in [0.2, 0.25) is 4.80 Å². The summed E-state index contributed by atoms with van der Waals surface area (Å²) in [5.74, 6) is -0.185. The molecule has 0 saturated heterocycles. The van der Waals surface area contributed by atoms with E-state index in [4.69, 9.17) is 16.0 Å². The Labute approximate surface area is 147 Å². The monoisotopic (exact) mass is 359 g/mol. The molecule has 0 aliphatic rings. The topological polar surface area (TPSA) is 59.5 Å². The van der Waals surface area contributed by atoms with Crippen LogP contribution >= 0.6 is 22.9 Å². The number of carbonyl (C=O) groups excluding carboxylic acids is 1. The Kier molecular flexibility index (Phi) is 4.98. The number of furan rings is 1. The van der Waals surface area contributed by atoms with Gasteiger partial charge >= 0.3 is 5.91 Å². The van der Waals surface area contributed by atoms with E-state index in [0.717, 1.165) is 11.3 Å². The lowest BCUT2D eigenvalue weighted by atomic mass is 10.2. The lowest BCUT2D eigenvalue weighted by molar-refractivity contribution is 0.0925. The summed E-state index contributed by atoms with van der Waals surface area (Å²) in [7, 11) is 0. The first-order chi connectivity index (χ1) is 11.7. The molecular formula is C17H14ClN3O2S. The second-order valence-electron chi connectivity index (χ2n) is 4.84. The van der Waals surface area contributed by atoms with Gasteiger partial charge in [0, 0.05) is 16.9 Å².